The lowest BCUT2D eigenvalue weighted by Gasteiger charge is -2.10. The Morgan fingerprint density at radius 2 is 1.93 bits per heavy atom. The normalized spacial score (nSPS) is 11.0. The molecule has 28 heavy (non-hydrogen) atoms. The highest BCUT2D eigenvalue weighted by molar-refractivity contribution is 6.38. The van der Waals surface area contributed by atoms with Gasteiger partial charge in [-0.15, -0.1) is 0 Å². The Morgan fingerprint density at radius 1 is 1.11 bits per heavy atom. The first-order valence-electron chi connectivity index (χ1n) is 8.34. The molecule has 0 fully saturated rings. The molecule has 0 aliphatic heterocycles. The number of hydrogen-bond acceptors (Lipinski definition) is 3. The van der Waals surface area contributed by atoms with Crippen molar-refractivity contribution in [3.8, 4) is 11.5 Å². The second-order valence-electron chi connectivity index (χ2n) is 6.25. The Labute approximate surface area is 169 Å². The van der Waals surface area contributed by atoms with Crippen LogP contribution in [0.5, 0.6) is 0 Å². The van der Waals surface area contributed by atoms with Crippen molar-refractivity contribution in [2.24, 2.45) is 0 Å². The quantitative estimate of drug-likeness (QED) is 0.416. The van der Waals surface area contributed by atoms with E-state index in [1.165, 1.54) is 18.2 Å². The predicted octanol–water partition coefficient (Wildman–Crippen LogP) is 6.50. The van der Waals surface area contributed by atoms with E-state index in [1.54, 1.807) is 24.3 Å². The maximum atomic E-state index is 13.4. The predicted molar refractivity (Wildman–Crippen MR) is 109 cm³/mol. The number of fused-ring (bicyclic) bond motifs is 1. The first-order valence-corrected chi connectivity index (χ1v) is 9.10. The Balaban J connectivity index is 1.69. The summed E-state index contributed by atoms with van der Waals surface area (Å²) in [6.45, 7) is 1.85. The number of nitrogens with one attached hydrogen (secondary N) is 1. The van der Waals surface area contributed by atoms with E-state index < -0.39 is 11.7 Å². The minimum atomic E-state index is -0.472. The smallest absolute Gasteiger partial charge is 0.255 e. The molecule has 0 spiro atoms. The van der Waals surface area contributed by atoms with Gasteiger partial charge in [-0.3, -0.25) is 4.79 Å². The maximum Gasteiger partial charge on any atom is 0.255 e. The van der Waals surface area contributed by atoms with E-state index in [0.29, 0.717) is 38.3 Å². The van der Waals surface area contributed by atoms with Crippen molar-refractivity contribution in [3.05, 3.63) is 81.6 Å². The highest BCUT2D eigenvalue weighted by Gasteiger charge is 2.15. The van der Waals surface area contributed by atoms with Crippen LogP contribution in [0.25, 0.3) is 22.6 Å². The number of oxazole rings is 1. The molecule has 1 heterocycles. The summed E-state index contributed by atoms with van der Waals surface area (Å²) < 4.78 is 19.1. The molecule has 0 unspecified atom stereocenters. The SMILES string of the molecule is Cc1ccc(-c2nc3cc(Cl)cc(Cl)c3o2)cc1NC(=O)c1cccc(F)c1. The summed E-state index contributed by atoms with van der Waals surface area (Å²) in [5.41, 5.74) is 3.27. The molecule has 4 aromatic rings. The lowest BCUT2D eigenvalue weighted by Crippen LogP contribution is -2.13. The van der Waals surface area contributed by atoms with Crippen molar-refractivity contribution in [2.75, 3.05) is 5.32 Å². The molecule has 0 aliphatic rings. The largest absolute Gasteiger partial charge is 0.435 e. The number of carbonyl (C=O) groups is 1. The number of amides is 1. The van der Waals surface area contributed by atoms with Crippen LogP contribution in [0, 0.1) is 12.7 Å². The summed E-state index contributed by atoms with van der Waals surface area (Å²) in [7, 11) is 0. The Kier molecular flexibility index (Phi) is 4.79. The molecule has 1 aromatic heterocycles. The Morgan fingerprint density at radius 3 is 2.71 bits per heavy atom. The minimum absolute atomic E-state index is 0.230. The lowest BCUT2D eigenvalue weighted by molar-refractivity contribution is 0.102. The molecule has 7 heteroatoms. The number of rotatable bonds is 3. The zero-order valence-electron chi connectivity index (χ0n) is 14.6. The number of aryl methyl sites for hydroxylation is 1. The average molecular weight is 415 g/mol. The van der Waals surface area contributed by atoms with Gasteiger partial charge in [0.1, 0.15) is 11.3 Å². The second kappa shape index (κ2) is 7.26. The molecular weight excluding hydrogens is 402 g/mol. The van der Waals surface area contributed by atoms with Crippen molar-refractivity contribution in [1.82, 2.24) is 4.98 Å². The number of anilines is 1. The third kappa shape index (κ3) is 3.59. The molecule has 0 saturated carbocycles. The third-order valence-corrected chi connectivity index (χ3v) is 4.73. The zero-order valence-corrected chi connectivity index (χ0v) is 16.1. The molecular formula is C21H13Cl2FN2O2. The van der Waals surface area contributed by atoms with Crippen molar-refractivity contribution in [1.29, 1.82) is 0 Å². The lowest BCUT2D eigenvalue weighted by atomic mass is 10.1. The van der Waals surface area contributed by atoms with Gasteiger partial charge in [-0.2, -0.15) is 0 Å². The van der Waals surface area contributed by atoms with Crippen molar-refractivity contribution in [3.63, 3.8) is 0 Å². The number of benzene rings is 3. The maximum absolute atomic E-state index is 13.4. The fourth-order valence-corrected chi connectivity index (χ4v) is 3.32. The Hall–Kier alpha value is -2.89. The van der Waals surface area contributed by atoms with E-state index in [0.717, 1.165) is 5.56 Å². The van der Waals surface area contributed by atoms with Crippen LogP contribution in [0.15, 0.2) is 59.0 Å². The van der Waals surface area contributed by atoms with Crippen molar-refractivity contribution in [2.45, 2.75) is 6.92 Å². The molecule has 1 N–H and O–H groups in total. The Bertz CT molecular complexity index is 1220. The monoisotopic (exact) mass is 414 g/mol. The number of nitrogens with zero attached hydrogens (tertiary/aromatic N) is 1. The van der Waals surface area contributed by atoms with Gasteiger partial charge in [0.25, 0.3) is 5.91 Å². The highest BCUT2D eigenvalue weighted by atomic mass is 35.5. The van der Waals surface area contributed by atoms with Crippen LogP contribution in [0.3, 0.4) is 0 Å². The van der Waals surface area contributed by atoms with Crippen LogP contribution in [0.2, 0.25) is 10.0 Å². The van der Waals surface area contributed by atoms with E-state index in [-0.39, 0.29) is 5.56 Å². The van der Waals surface area contributed by atoms with E-state index in [1.807, 2.05) is 19.1 Å². The molecule has 3 aromatic carbocycles. The molecule has 0 aliphatic carbocycles. The second-order valence-corrected chi connectivity index (χ2v) is 7.09. The van der Waals surface area contributed by atoms with Gasteiger partial charge in [-0.05, 0) is 55.0 Å². The molecule has 140 valence electrons. The van der Waals surface area contributed by atoms with E-state index in [2.05, 4.69) is 10.3 Å². The third-order valence-electron chi connectivity index (χ3n) is 4.23. The van der Waals surface area contributed by atoms with Gasteiger partial charge < -0.3 is 9.73 Å². The van der Waals surface area contributed by atoms with Gasteiger partial charge in [-0.1, -0.05) is 35.3 Å². The fourth-order valence-electron chi connectivity index (χ4n) is 2.80. The van der Waals surface area contributed by atoms with Gasteiger partial charge >= 0.3 is 0 Å². The number of halogens is 3. The molecule has 4 rings (SSSR count). The summed E-state index contributed by atoms with van der Waals surface area (Å²) in [6, 6.07) is 14.1. The number of aromatic nitrogens is 1. The molecule has 0 saturated heterocycles. The van der Waals surface area contributed by atoms with Crippen LogP contribution in [0.4, 0.5) is 10.1 Å². The highest BCUT2D eigenvalue weighted by Crippen LogP contribution is 2.33. The number of hydrogen-bond donors (Lipinski definition) is 1. The zero-order chi connectivity index (χ0) is 19.8. The van der Waals surface area contributed by atoms with E-state index >= 15 is 0 Å². The van der Waals surface area contributed by atoms with Gasteiger partial charge in [0.2, 0.25) is 5.89 Å². The van der Waals surface area contributed by atoms with Gasteiger partial charge in [0.05, 0.1) is 5.02 Å². The molecule has 1 amide bonds. The first kappa shape index (κ1) is 18.5. The van der Waals surface area contributed by atoms with E-state index in [4.69, 9.17) is 27.6 Å². The minimum Gasteiger partial charge on any atom is -0.435 e. The summed E-state index contributed by atoms with van der Waals surface area (Å²) in [4.78, 5) is 16.9. The molecule has 0 atom stereocenters. The average Bonchev–Trinajstić information content (AvgIpc) is 3.08. The fraction of sp³-hybridized carbons (Fsp3) is 0.0476. The van der Waals surface area contributed by atoms with Gasteiger partial charge in [0, 0.05) is 21.8 Å². The van der Waals surface area contributed by atoms with Crippen molar-refractivity contribution < 1.29 is 13.6 Å². The van der Waals surface area contributed by atoms with Crippen molar-refractivity contribution >= 4 is 45.9 Å². The molecule has 0 bridgehead atoms. The standard InChI is InChI=1S/C21H13Cl2FN2O2/c1-11-5-6-13(21-26-18-10-14(22)9-16(23)19(18)28-21)8-17(11)25-20(27)12-3-2-4-15(24)7-12/h2-10H,1H3,(H,25,27). The summed E-state index contributed by atoms with van der Waals surface area (Å²) in [5.74, 6) is -0.535. The van der Waals surface area contributed by atoms with Gasteiger partial charge in [0.15, 0.2) is 5.58 Å². The topological polar surface area (TPSA) is 55.1 Å². The first-order chi connectivity index (χ1) is 13.4. The van der Waals surface area contributed by atoms with Crippen LogP contribution in [-0.4, -0.2) is 10.9 Å². The summed E-state index contributed by atoms with van der Waals surface area (Å²) >= 11 is 12.2. The number of carbonyl (C=O) groups excluding carboxylic acids is 1. The van der Waals surface area contributed by atoms with Crippen LogP contribution in [-0.2, 0) is 0 Å². The molecule has 0 radical (unpaired) electrons. The summed E-state index contributed by atoms with van der Waals surface area (Å²) in [6.07, 6.45) is 0. The van der Waals surface area contributed by atoms with Crippen LogP contribution < -0.4 is 5.32 Å². The van der Waals surface area contributed by atoms with Crippen LogP contribution in [0.1, 0.15) is 15.9 Å². The van der Waals surface area contributed by atoms with Crippen LogP contribution >= 0.6 is 23.2 Å². The molecule has 4 nitrogen and oxygen atoms in total. The summed E-state index contributed by atoms with van der Waals surface area (Å²) in [5, 5.41) is 3.63. The van der Waals surface area contributed by atoms with E-state index in [9.17, 15) is 9.18 Å². The van der Waals surface area contributed by atoms with Gasteiger partial charge in [-0.25, -0.2) is 9.37 Å².